The first-order chi connectivity index (χ1) is 11.8. The Labute approximate surface area is 140 Å². The van der Waals surface area contributed by atoms with E-state index in [-0.39, 0.29) is 6.03 Å². The Kier molecular flexibility index (Phi) is 5.24. The molecule has 0 saturated heterocycles. The minimum Gasteiger partial charge on any atom is -0.444 e. The van der Waals surface area contributed by atoms with E-state index >= 15 is 0 Å². The number of hydrogen-bond donors (Lipinski definition) is 2. The van der Waals surface area contributed by atoms with Gasteiger partial charge in [-0.1, -0.05) is 48.5 Å². The highest BCUT2D eigenvalue weighted by molar-refractivity contribution is 5.73. The maximum absolute atomic E-state index is 11.8. The molecule has 0 radical (unpaired) electrons. The van der Waals surface area contributed by atoms with Crippen LogP contribution in [0.25, 0.3) is 11.5 Å². The van der Waals surface area contributed by atoms with Crippen molar-refractivity contribution in [2.75, 3.05) is 6.54 Å². The van der Waals surface area contributed by atoms with Gasteiger partial charge in [0.1, 0.15) is 6.26 Å². The fourth-order valence-electron chi connectivity index (χ4n) is 2.28. The Morgan fingerprint density at radius 1 is 0.958 bits per heavy atom. The van der Waals surface area contributed by atoms with E-state index in [1.165, 1.54) is 0 Å². The quantitative estimate of drug-likeness (QED) is 0.731. The third-order valence-corrected chi connectivity index (χ3v) is 3.54. The van der Waals surface area contributed by atoms with E-state index in [2.05, 4.69) is 15.6 Å². The van der Waals surface area contributed by atoms with Crippen LogP contribution in [0.1, 0.15) is 11.3 Å². The molecule has 0 atom stereocenters. The summed E-state index contributed by atoms with van der Waals surface area (Å²) in [4.78, 5) is 16.2. The van der Waals surface area contributed by atoms with Crippen LogP contribution in [0.5, 0.6) is 0 Å². The largest absolute Gasteiger partial charge is 0.444 e. The van der Waals surface area contributed by atoms with Crippen molar-refractivity contribution in [3.8, 4) is 11.5 Å². The molecular formula is C19H19N3O2. The Morgan fingerprint density at radius 3 is 2.42 bits per heavy atom. The first-order valence-electron chi connectivity index (χ1n) is 7.87. The number of carbonyl (C=O) groups is 1. The van der Waals surface area contributed by atoms with Gasteiger partial charge in [0.25, 0.3) is 0 Å². The van der Waals surface area contributed by atoms with Crippen LogP contribution >= 0.6 is 0 Å². The molecular weight excluding hydrogens is 302 g/mol. The Hall–Kier alpha value is -3.08. The molecule has 3 aromatic rings. The highest BCUT2D eigenvalue weighted by Crippen LogP contribution is 2.17. The molecule has 5 heteroatoms. The van der Waals surface area contributed by atoms with Gasteiger partial charge in [-0.3, -0.25) is 0 Å². The molecule has 2 aromatic carbocycles. The second kappa shape index (κ2) is 7.97. The summed E-state index contributed by atoms with van der Waals surface area (Å²) < 4.78 is 5.47. The smallest absolute Gasteiger partial charge is 0.315 e. The van der Waals surface area contributed by atoms with Crippen molar-refractivity contribution in [2.24, 2.45) is 0 Å². The number of nitrogens with zero attached hydrogens (tertiary/aromatic N) is 1. The lowest BCUT2D eigenvalue weighted by Crippen LogP contribution is -2.36. The molecule has 0 bridgehead atoms. The molecule has 2 amide bonds. The number of amides is 2. The van der Waals surface area contributed by atoms with Gasteiger partial charge in [0, 0.05) is 25.1 Å². The Bertz CT molecular complexity index is 770. The number of hydrogen-bond acceptors (Lipinski definition) is 3. The standard InChI is InChI=1S/C19H19N3O2/c23-19(21-13-15-7-3-1-4-8-15)20-12-11-17-14-24-18(22-17)16-9-5-2-6-10-16/h1-10,14H,11-13H2,(H2,20,21,23). The van der Waals surface area contributed by atoms with Crippen molar-refractivity contribution >= 4 is 6.03 Å². The minimum atomic E-state index is -0.189. The van der Waals surface area contributed by atoms with E-state index in [9.17, 15) is 4.79 Å². The van der Waals surface area contributed by atoms with Gasteiger partial charge >= 0.3 is 6.03 Å². The summed E-state index contributed by atoms with van der Waals surface area (Å²) in [6.07, 6.45) is 2.25. The lowest BCUT2D eigenvalue weighted by molar-refractivity contribution is 0.240. The predicted molar refractivity (Wildman–Crippen MR) is 92.3 cm³/mol. The van der Waals surface area contributed by atoms with Gasteiger partial charge in [-0.05, 0) is 17.7 Å². The first kappa shape index (κ1) is 15.8. The van der Waals surface area contributed by atoms with Gasteiger partial charge in [-0.25, -0.2) is 9.78 Å². The van der Waals surface area contributed by atoms with E-state index in [1.807, 2.05) is 60.7 Å². The topological polar surface area (TPSA) is 67.2 Å². The molecule has 1 heterocycles. The second-order valence-electron chi connectivity index (χ2n) is 5.36. The Morgan fingerprint density at radius 2 is 1.67 bits per heavy atom. The number of oxazole rings is 1. The maximum Gasteiger partial charge on any atom is 0.315 e. The molecule has 0 saturated carbocycles. The van der Waals surface area contributed by atoms with Gasteiger partial charge in [-0.2, -0.15) is 0 Å². The molecule has 0 aliphatic rings. The fraction of sp³-hybridized carbons (Fsp3) is 0.158. The molecule has 2 N–H and O–H groups in total. The number of benzene rings is 2. The van der Waals surface area contributed by atoms with Crippen LogP contribution in [-0.4, -0.2) is 17.6 Å². The van der Waals surface area contributed by atoms with Crippen LogP contribution in [0.2, 0.25) is 0 Å². The predicted octanol–water partition coefficient (Wildman–Crippen LogP) is 3.38. The third kappa shape index (κ3) is 4.46. The summed E-state index contributed by atoms with van der Waals surface area (Å²) in [6, 6.07) is 19.3. The molecule has 0 fully saturated rings. The number of carbonyl (C=O) groups excluding carboxylic acids is 1. The molecule has 3 rings (SSSR count). The summed E-state index contributed by atoms with van der Waals surface area (Å²) in [5.41, 5.74) is 2.83. The zero-order valence-electron chi connectivity index (χ0n) is 13.2. The highest BCUT2D eigenvalue weighted by atomic mass is 16.3. The molecule has 122 valence electrons. The first-order valence-corrected chi connectivity index (χ1v) is 7.87. The molecule has 0 aliphatic carbocycles. The lowest BCUT2D eigenvalue weighted by Gasteiger charge is -2.06. The van der Waals surface area contributed by atoms with E-state index in [1.54, 1.807) is 6.26 Å². The van der Waals surface area contributed by atoms with Gasteiger partial charge in [0.15, 0.2) is 0 Å². The monoisotopic (exact) mass is 321 g/mol. The van der Waals surface area contributed by atoms with Crippen LogP contribution in [0.4, 0.5) is 4.79 Å². The molecule has 0 spiro atoms. The van der Waals surface area contributed by atoms with Crippen molar-refractivity contribution in [3.63, 3.8) is 0 Å². The van der Waals surface area contributed by atoms with Crippen molar-refractivity contribution in [1.29, 1.82) is 0 Å². The summed E-state index contributed by atoms with van der Waals surface area (Å²) in [5.74, 6) is 0.596. The van der Waals surface area contributed by atoms with Crippen molar-refractivity contribution in [3.05, 3.63) is 78.2 Å². The molecule has 1 aromatic heterocycles. The zero-order valence-corrected chi connectivity index (χ0v) is 13.2. The Balaban J connectivity index is 1.42. The van der Waals surface area contributed by atoms with Crippen LogP contribution in [0.15, 0.2) is 71.3 Å². The van der Waals surface area contributed by atoms with Crippen molar-refractivity contribution in [1.82, 2.24) is 15.6 Å². The van der Waals surface area contributed by atoms with Crippen LogP contribution in [-0.2, 0) is 13.0 Å². The summed E-state index contributed by atoms with van der Waals surface area (Å²) in [5, 5.41) is 5.64. The molecule has 24 heavy (non-hydrogen) atoms. The maximum atomic E-state index is 11.8. The second-order valence-corrected chi connectivity index (χ2v) is 5.36. The summed E-state index contributed by atoms with van der Waals surface area (Å²) >= 11 is 0. The average molecular weight is 321 g/mol. The lowest BCUT2D eigenvalue weighted by atomic mass is 10.2. The third-order valence-electron chi connectivity index (χ3n) is 3.54. The molecule has 0 aliphatic heterocycles. The SMILES string of the molecule is O=C(NCCc1coc(-c2ccccc2)n1)NCc1ccccc1. The number of rotatable bonds is 6. The number of aromatic nitrogens is 1. The van der Waals surface area contributed by atoms with Crippen LogP contribution in [0, 0.1) is 0 Å². The zero-order chi connectivity index (χ0) is 16.6. The summed E-state index contributed by atoms with van der Waals surface area (Å²) in [7, 11) is 0. The van der Waals surface area contributed by atoms with Crippen molar-refractivity contribution in [2.45, 2.75) is 13.0 Å². The highest BCUT2D eigenvalue weighted by Gasteiger charge is 2.06. The van der Waals surface area contributed by atoms with Gasteiger partial charge < -0.3 is 15.1 Å². The summed E-state index contributed by atoms with van der Waals surface area (Å²) in [6.45, 7) is 1.01. The van der Waals surface area contributed by atoms with E-state index in [4.69, 9.17) is 4.42 Å². The molecule has 5 nitrogen and oxygen atoms in total. The van der Waals surface area contributed by atoms with Gasteiger partial charge in [0.2, 0.25) is 5.89 Å². The van der Waals surface area contributed by atoms with Crippen LogP contribution in [0.3, 0.4) is 0 Å². The average Bonchev–Trinajstić information content (AvgIpc) is 3.11. The van der Waals surface area contributed by atoms with Crippen molar-refractivity contribution < 1.29 is 9.21 Å². The number of nitrogens with one attached hydrogen (secondary N) is 2. The number of urea groups is 1. The van der Waals surface area contributed by atoms with E-state index in [0.29, 0.717) is 25.4 Å². The molecule has 0 unspecified atom stereocenters. The van der Waals surface area contributed by atoms with E-state index in [0.717, 1.165) is 16.8 Å². The van der Waals surface area contributed by atoms with Gasteiger partial charge in [0.05, 0.1) is 5.69 Å². The van der Waals surface area contributed by atoms with Crippen LogP contribution < -0.4 is 10.6 Å². The normalized spacial score (nSPS) is 10.3. The van der Waals surface area contributed by atoms with Gasteiger partial charge in [-0.15, -0.1) is 0 Å². The minimum absolute atomic E-state index is 0.189. The fourth-order valence-corrected chi connectivity index (χ4v) is 2.28. The van der Waals surface area contributed by atoms with E-state index < -0.39 is 0 Å².